The summed E-state index contributed by atoms with van der Waals surface area (Å²) >= 11 is 0. The monoisotopic (exact) mass is 277 g/mol. The molecule has 20 heavy (non-hydrogen) atoms. The summed E-state index contributed by atoms with van der Waals surface area (Å²) in [6, 6.07) is 10.5. The van der Waals surface area contributed by atoms with Crippen LogP contribution in [0.1, 0.15) is 30.8 Å². The minimum absolute atomic E-state index is 0.157. The lowest BCUT2D eigenvalue weighted by Gasteiger charge is -2.16. The minimum Gasteiger partial charge on any atom is -0.467 e. The van der Waals surface area contributed by atoms with E-state index < -0.39 is 6.10 Å². The first-order valence-electron chi connectivity index (χ1n) is 6.85. The van der Waals surface area contributed by atoms with Gasteiger partial charge in [0.25, 0.3) is 0 Å². The summed E-state index contributed by atoms with van der Waals surface area (Å²) in [4.78, 5) is 0. The Hall–Kier alpha value is -1.65. The maximum Gasteiger partial charge on any atom is 0.133 e. The van der Waals surface area contributed by atoms with E-state index in [1.807, 2.05) is 13.0 Å². The van der Waals surface area contributed by atoms with Crippen LogP contribution >= 0.6 is 0 Å². The van der Waals surface area contributed by atoms with Gasteiger partial charge in [-0.1, -0.05) is 18.2 Å². The number of benzene rings is 1. The summed E-state index contributed by atoms with van der Waals surface area (Å²) in [6.07, 6.45) is 2.38. The molecule has 0 radical (unpaired) electrons. The van der Waals surface area contributed by atoms with Crippen molar-refractivity contribution in [2.45, 2.75) is 31.9 Å². The van der Waals surface area contributed by atoms with Crippen LogP contribution in [0.25, 0.3) is 0 Å². The van der Waals surface area contributed by atoms with E-state index in [9.17, 15) is 9.50 Å². The van der Waals surface area contributed by atoms with E-state index in [2.05, 4.69) is 5.32 Å². The third kappa shape index (κ3) is 4.18. The van der Waals surface area contributed by atoms with E-state index in [-0.39, 0.29) is 11.9 Å². The van der Waals surface area contributed by atoms with Gasteiger partial charge in [0.2, 0.25) is 0 Å². The Morgan fingerprint density at radius 3 is 2.75 bits per heavy atom. The molecule has 2 rings (SSSR count). The van der Waals surface area contributed by atoms with Gasteiger partial charge in [-0.15, -0.1) is 0 Å². The fourth-order valence-electron chi connectivity index (χ4n) is 2.07. The molecular formula is C16H20FNO2. The van der Waals surface area contributed by atoms with Gasteiger partial charge in [-0.3, -0.25) is 0 Å². The maximum absolute atomic E-state index is 13.5. The normalized spacial score (nSPS) is 14.2. The van der Waals surface area contributed by atoms with Crippen LogP contribution in [0.2, 0.25) is 0 Å². The van der Waals surface area contributed by atoms with Crippen molar-refractivity contribution in [3.8, 4) is 0 Å². The summed E-state index contributed by atoms with van der Waals surface area (Å²) in [7, 11) is 0. The zero-order valence-electron chi connectivity index (χ0n) is 11.6. The second kappa shape index (κ2) is 7.22. The van der Waals surface area contributed by atoms with Gasteiger partial charge >= 0.3 is 0 Å². The SMILES string of the molecule is C[C@H](CCc1ccccc1F)NC[C@@H](O)c1ccco1. The van der Waals surface area contributed by atoms with Crippen LogP contribution < -0.4 is 5.32 Å². The van der Waals surface area contributed by atoms with Gasteiger partial charge in [-0.2, -0.15) is 0 Å². The summed E-state index contributed by atoms with van der Waals surface area (Å²) < 4.78 is 18.6. The number of aliphatic hydroxyl groups is 1. The third-order valence-corrected chi connectivity index (χ3v) is 3.34. The van der Waals surface area contributed by atoms with E-state index in [1.165, 1.54) is 6.07 Å². The van der Waals surface area contributed by atoms with Crippen LogP contribution in [0.3, 0.4) is 0 Å². The lowest BCUT2D eigenvalue weighted by molar-refractivity contribution is 0.143. The maximum atomic E-state index is 13.5. The van der Waals surface area contributed by atoms with E-state index in [1.54, 1.807) is 30.5 Å². The molecule has 0 amide bonds. The van der Waals surface area contributed by atoms with Crippen molar-refractivity contribution in [2.24, 2.45) is 0 Å². The molecule has 0 spiro atoms. The fourth-order valence-corrected chi connectivity index (χ4v) is 2.07. The van der Waals surface area contributed by atoms with Gasteiger partial charge in [-0.05, 0) is 43.5 Å². The van der Waals surface area contributed by atoms with Crippen LogP contribution in [-0.4, -0.2) is 17.7 Å². The van der Waals surface area contributed by atoms with Crippen LogP contribution in [0, 0.1) is 5.82 Å². The molecule has 4 heteroatoms. The van der Waals surface area contributed by atoms with Crippen molar-refractivity contribution < 1.29 is 13.9 Å². The molecule has 0 saturated carbocycles. The largest absolute Gasteiger partial charge is 0.467 e. The molecule has 0 fully saturated rings. The van der Waals surface area contributed by atoms with Gasteiger partial charge in [0, 0.05) is 12.6 Å². The lowest BCUT2D eigenvalue weighted by atomic mass is 10.1. The zero-order valence-corrected chi connectivity index (χ0v) is 11.6. The molecule has 108 valence electrons. The predicted octanol–water partition coefficient (Wildman–Crippen LogP) is 3.06. The molecule has 0 aliphatic rings. The molecule has 0 unspecified atom stereocenters. The first kappa shape index (κ1) is 14.8. The first-order valence-corrected chi connectivity index (χ1v) is 6.85. The van der Waals surface area contributed by atoms with Gasteiger partial charge in [0.1, 0.15) is 17.7 Å². The molecule has 2 aromatic rings. The van der Waals surface area contributed by atoms with E-state index in [4.69, 9.17) is 4.42 Å². The molecular weight excluding hydrogens is 257 g/mol. The highest BCUT2D eigenvalue weighted by Crippen LogP contribution is 2.13. The Kier molecular flexibility index (Phi) is 5.32. The smallest absolute Gasteiger partial charge is 0.133 e. The van der Waals surface area contributed by atoms with Gasteiger partial charge in [-0.25, -0.2) is 4.39 Å². The third-order valence-electron chi connectivity index (χ3n) is 3.34. The zero-order chi connectivity index (χ0) is 14.4. The highest BCUT2D eigenvalue weighted by atomic mass is 19.1. The number of nitrogens with one attached hydrogen (secondary N) is 1. The minimum atomic E-state index is -0.652. The Morgan fingerprint density at radius 2 is 2.05 bits per heavy atom. The molecule has 0 aliphatic carbocycles. The topological polar surface area (TPSA) is 45.4 Å². The predicted molar refractivity (Wildman–Crippen MR) is 75.9 cm³/mol. The van der Waals surface area contributed by atoms with Crippen LogP contribution in [0.5, 0.6) is 0 Å². The van der Waals surface area contributed by atoms with Crippen LogP contribution in [-0.2, 0) is 6.42 Å². The molecule has 1 heterocycles. The highest BCUT2D eigenvalue weighted by Gasteiger charge is 2.12. The Balaban J connectivity index is 1.73. The second-order valence-corrected chi connectivity index (χ2v) is 4.97. The molecule has 1 aromatic carbocycles. The highest BCUT2D eigenvalue weighted by molar-refractivity contribution is 5.17. The lowest BCUT2D eigenvalue weighted by Crippen LogP contribution is -2.30. The molecule has 3 nitrogen and oxygen atoms in total. The fraction of sp³-hybridized carbons (Fsp3) is 0.375. The van der Waals surface area contributed by atoms with Crippen molar-refractivity contribution in [3.05, 3.63) is 59.8 Å². The van der Waals surface area contributed by atoms with E-state index >= 15 is 0 Å². The Labute approximate surface area is 118 Å². The van der Waals surface area contributed by atoms with Crippen molar-refractivity contribution in [3.63, 3.8) is 0 Å². The quantitative estimate of drug-likeness (QED) is 0.817. The van der Waals surface area contributed by atoms with Crippen molar-refractivity contribution in [2.75, 3.05) is 6.54 Å². The molecule has 0 bridgehead atoms. The molecule has 1 aromatic heterocycles. The van der Waals surface area contributed by atoms with E-state index in [0.717, 1.165) is 12.0 Å². The number of halogens is 1. The van der Waals surface area contributed by atoms with Gasteiger partial charge in [0.05, 0.1) is 6.26 Å². The molecule has 2 N–H and O–H groups in total. The number of rotatable bonds is 7. The van der Waals surface area contributed by atoms with Crippen LogP contribution in [0.15, 0.2) is 47.1 Å². The number of hydrogen-bond donors (Lipinski definition) is 2. The second-order valence-electron chi connectivity index (χ2n) is 4.97. The average molecular weight is 277 g/mol. The molecule has 0 aliphatic heterocycles. The summed E-state index contributed by atoms with van der Waals surface area (Å²) in [5.41, 5.74) is 0.729. The number of hydrogen-bond acceptors (Lipinski definition) is 3. The number of furan rings is 1. The van der Waals surface area contributed by atoms with E-state index in [0.29, 0.717) is 18.7 Å². The molecule has 2 atom stereocenters. The van der Waals surface area contributed by atoms with Gasteiger partial charge < -0.3 is 14.8 Å². The summed E-state index contributed by atoms with van der Waals surface area (Å²) in [5.74, 6) is 0.397. The Bertz CT molecular complexity index is 513. The van der Waals surface area contributed by atoms with Crippen molar-refractivity contribution in [1.82, 2.24) is 5.32 Å². The first-order chi connectivity index (χ1) is 9.66. The standard InChI is InChI=1S/C16H20FNO2/c1-12(8-9-13-5-2-3-6-14(13)17)18-11-15(19)16-7-4-10-20-16/h2-7,10,12,15,18-19H,8-9,11H2,1H3/t12-,15-/m1/s1. The number of aryl methyl sites for hydroxylation is 1. The van der Waals surface area contributed by atoms with Crippen LogP contribution in [0.4, 0.5) is 4.39 Å². The average Bonchev–Trinajstić information content (AvgIpc) is 2.98. The van der Waals surface area contributed by atoms with Crippen molar-refractivity contribution in [1.29, 1.82) is 0 Å². The Morgan fingerprint density at radius 1 is 1.25 bits per heavy atom. The molecule has 0 saturated heterocycles. The number of aliphatic hydroxyl groups excluding tert-OH is 1. The summed E-state index contributed by atoms with van der Waals surface area (Å²) in [5, 5.41) is 13.1. The summed E-state index contributed by atoms with van der Waals surface area (Å²) in [6.45, 7) is 2.45. The van der Waals surface area contributed by atoms with Gasteiger partial charge in [0.15, 0.2) is 0 Å². The van der Waals surface area contributed by atoms with Crippen molar-refractivity contribution >= 4 is 0 Å².